The SMILES string of the molecule is CCCN1CCC(N(C)C(=O)Cc2cccc(N)c2)CC1. The van der Waals surface area contributed by atoms with E-state index in [1.54, 1.807) is 0 Å². The summed E-state index contributed by atoms with van der Waals surface area (Å²) in [7, 11) is 1.94. The second-order valence-electron chi connectivity index (χ2n) is 6.00. The fraction of sp³-hybridized carbons (Fsp3) is 0.588. The van der Waals surface area contributed by atoms with E-state index in [4.69, 9.17) is 5.73 Å². The number of rotatable bonds is 5. The zero-order valence-electron chi connectivity index (χ0n) is 13.2. The molecule has 2 rings (SSSR count). The number of carbonyl (C=O) groups excluding carboxylic acids is 1. The third-order valence-electron chi connectivity index (χ3n) is 4.34. The third-order valence-corrected chi connectivity index (χ3v) is 4.34. The summed E-state index contributed by atoms with van der Waals surface area (Å²) in [6.07, 6.45) is 3.81. The maximum Gasteiger partial charge on any atom is 0.226 e. The Balaban J connectivity index is 1.85. The summed E-state index contributed by atoms with van der Waals surface area (Å²) in [5, 5.41) is 0. The number of nitrogens with two attached hydrogens (primary N) is 1. The Labute approximate surface area is 127 Å². The maximum atomic E-state index is 12.4. The quantitative estimate of drug-likeness (QED) is 0.845. The van der Waals surface area contributed by atoms with E-state index < -0.39 is 0 Å². The van der Waals surface area contributed by atoms with Crippen molar-refractivity contribution in [1.82, 2.24) is 9.80 Å². The van der Waals surface area contributed by atoms with E-state index in [0.29, 0.717) is 12.5 Å². The molecule has 1 aliphatic heterocycles. The molecule has 1 saturated heterocycles. The molecule has 4 nitrogen and oxygen atoms in total. The van der Waals surface area contributed by atoms with Crippen molar-refractivity contribution >= 4 is 11.6 Å². The second kappa shape index (κ2) is 7.46. The summed E-state index contributed by atoms with van der Waals surface area (Å²) in [5.74, 6) is 0.189. The monoisotopic (exact) mass is 289 g/mol. The Morgan fingerprint density at radius 3 is 2.71 bits per heavy atom. The molecule has 0 aromatic heterocycles. The number of nitrogens with zero attached hydrogens (tertiary/aromatic N) is 2. The maximum absolute atomic E-state index is 12.4. The lowest BCUT2D eigenvalue weighted by Gasteiger charge is -2.36. The zero-order valence-corrected chi connectivity index (χ0v) is 13.2. The van der Waals surface area contributed by atoms with Gasteiger partial charge in [-0.05, 0) is 43.5 Å². The van der Waals surface area contributed by atoms with Crippen LogP contribution < -0.4 is 5.73 Å². The van der Waals surface area contributed by atoms with E-state index in [0.717, 1.165) is 37.2 Å². The second-order valence-corrected chi connectivity index (χ2v) is 6.00. The van der Waals surface area contributed by atoms with Crippen LogP contribution in [0.2, 0.25) is 0 Å². The Hall–Kier alpha value is -1.55. The summed E-state index contributed by atoms with van der Waals surface area (Å²) < 4.78 is 0. The van der Waals surface area contributed by atoms with Gasteiger partial charge in [0.2, 0.25) is 5.91 Å². The number of piperidine rings is 1. The first-order valence-corrected chi connectivity index (χ1v) is 7.92. The first-order valence-electron chi connectivity index (χ1n) is 7.92. The molecule has 0 radical (unpaired) electrons. The lowest BCUT2D eigenvalue weighted by Crippen LogP contribution is -2.46. The van der Waals surface area contributed by atoms with Crippen molar-refractivity contribution in [3.63, 3.8) is 0 Å². The largest absolute Gasteiger partial charge is 0.399 e. The average molecular weight is 289 g/mol. The van der Waals surface area contributed by atoms with Crippen LogP contribution in [0, 0.1) is 0 Å². The molecular weight excluding hydrogens is 262 g/mol. The molecule has 1 aromatic rings. The number of amides is 1. The molecule has 116 valence electrons. The van der Waals surface area contributed by atoms with Gasteiger partial charge in [-0.25, -0.2) is 0 Å². The lowest BCUT2D eigenvalue weighted by atomic mass is 10.0. The summed E-state index contributed by atoms with van der Waals surface area (Å²) in [5.41, 5.74) is 7.48. The zero-order chi connectivity index (χ0) is 15.2. The number of likely N-dealkylation sites (N-methyl/N-ethyl adjacent to an activating group) is 1. The minimum atomic E-state index is 0.189. The standard InChI is InChI=1S/C17H27N3O/c1-3-9-20-10-7-16(8-11-20)19(2)17(21)13-14-5-4-6-15(18)12-14/h4-6,12,16H,3,7-11,13,18H2,1-2H3. The van der Waals surface area contributed by atoms with Crippen LogP contribution in [0.5, 0.6) is 0 Å². The van der Waals surface area contributed by atoms with Crippen molar-refractivity contribution in [1.29, 1.82) is 0 Å². The Kier molecular flexibility index (Phi) is 5.62. The highest BCUT2D eigenvalue weighted by atomic mass is 16.2. The molecule has 21 heavy (non-hydrogen) atoms. The molecule has 0 aliphatic carbocycles. The smallest absolute Gasteiger partial charge is 0.226 e. The van der Waals surface area contributed by atoms with Crippen molar-refractivity contribution < 1.29 is 4.79 Å². The third kappa shape index (κ3) is 4.46. The molecule has 2 N–H and O–H groups in total. The first-order chi connectivity index (χ1) is 10.1. The van der Waals surface area contributed by atoms with Crippen LogP contribution in [0.4, 0.5) is 5.69 Å². The summed E-state index contributed by atoms with van der Waals surface area (Å²) in [4.78, 5) is 16.8. The van der Waals surface area contributed by atoms with Gasteiger partial charge in [0.1, 0.15) is 0 Å². The number of likely N-dealkylation sites (tertiary alicyclic amines) is 1. The van der Waals surface area contributed by atoms with Crippen molar-refractivity contribution in [2.24, 2.45) is 0 Å². The highest BCUT2D eigenvalue weighted by Crippen LogP contribution is 2.17. The number of benzene rings is 1. The minimum absolute atomic E-state index is 0.189. The molecule has 0 saturated carbocycles. The van der Waals surface area contributed by atoms with E-state index in [1.165, 1.54) is 13.0 Å². The summed E-state index contributed by atoms with van der Waals surface area (Å²) in [6.45, 7) is 5.60. The molecule has 0 unspecified atom stereocenters. The van der Waals surface area contributed by atoms with Gasteiger partial charge in [-0.15, -0.1) is 0 Å². The number of hydrogen-bond acceptors (Lipinski definition) is 3. The molecule has 1 aromatic carbocycles. The topological polar surface area (TPSA) is 49.6 Å². The van der Waals surface area contributed by atoms with Gasteiger partial charge in [0.25, 0.3) is 0 Å². The van der Waals surface area contributed by atoms with Crippen LogP contribution >= 0.6 is 0 Å². The fourth-order valence-electron chi connectivity index (χ4n) is 3.05. The van der Waals surface area contributed by atoms with Crippen molar-refractivity contribution in [3.8, 4) is 0 Å². The number of nitrogen functional groups attached to an aromatic ring is 1. The lowest BCUT2D eigenvalue weighted by molar-refractivity contribution is -0.132. The van der Waals surface area contributed by atoms with Gasteiger partial charge in [-0.1, -0.05) is 19.1 Å². The van der Waals surface area contributed by atoms with Gasteiger partial charge in [0.15, 0.2) is 0 Å². The van der Waals surface area contributed by atoms with Crippen molar-refractivity contribution in [2.45, 2.75) is 38.6 Å². The van der Waals surface area contributed by atoms with E-state index in [1.807, 2.05) is 36.2 Å². The molecule has 0 atom stereocenters. The molecule has 0 spiro atoms. The molecule has 1 aliphatic rings. The van der Waals surface area contributed by atoms with Gasteiger partial charge >= 0.3 is 0 Å². The van der Waals surface area contributed by atoms with Gasteiger partial charge in [-0.2, -0.15) is 0 Å². The van der Waals surface area contributed by atoms with Crippen LogP contribution in [0.3, 0.4) is 0 Å². The fourth-order valence-corrected chi connectivity index (χ4v) is 3.05. The van der Waals surface area contributed by atoms with Crippen molar-refractivity contribution in [2.75, 3.05) is 32.4 Å². The molecule has 1 heterocycles. The van der Waals surface area contributed by atoms with E-state index in [2.05, 4.69) is 11.8 Å². The Morgan fingerprint density at radius 1 is 1.38 bits per heavy atom. The van der Waals surface area contributed by atoms with Crippen LogP contribution in [0.15, 0.2) is 24.3 Å². The number of carbonyl (C=O) groups is 1. The van der Waals surface area contributed by atoms with Crippen LogP contribution in [0.1, 0.15) is 31.7 Å². The van der Waals surface area contributed by atoms with E-state index in [-0.39, 0.29) is 5.91 Å². The molecular formula is C17H27N3O. The summed E-state index contributed by atoms with van der Waals surface area (Å²) in [6, 6.07) is 7.98. The van der Waals surface area contributed by atoms with Gasteiger partial charge in [0, 0.05) is 31.9 Å². The number of anilines is 1. The predicted molar refractivity (Wildman–Crippen MR) is 87.1 cm³/mol. The van der Waals surface area contributed by atoms with E-state index in [9.17, 15) is 4.79 Å². The molecule has 1 amide bonds. The van der Waals surface area contributed by atoms with Gasteiger partial charge < -0.3 is 15.5 Å². The molecule has 1 fully saturated rings. The summed E-state index contributed by atoms with van der Waals surface area (Å²) >= 11 is 0. The average Bonchev–Trinajstić information content (AvgIpc) is 2.47. The highest BCUT2D eigenvalue weighted by Gasteiger charge is 2.24. The molecule has 0 bridgehead atoms. The predicted octanol–water partition coefficient (Wildman–Crippen LogP) is 2.14. The Morgan fingerprint density at radius 2 is 2.10 bits per heavy atom. The Bertz CT molecular complexity index is 467. The van der Waals surface area contributed by atoms with Crippen molar-refractivity contribution in [3.05, 3.63) is 29.8 Å². The normalized spacial score (nSPS) is 16.9. The van der Waals surface area contributed by atoms with Gasteiger partial charge in [-0.3, -0.25) is 4.79 Å². The highest BCUT2D eigenvalue weighted by molar-refractivity contribution is 5.79. The first kappa shape index (κ1) is 15.8. The number of hydrogen-bond donors (Lipinski definition) is 1. The van der Waals surface area contributed by atoms with Crippen LogP contribution in [-0.2, 0) is 11.2 Å². The van der Waals surface area contributed by atoms with Crippen LogP contribution in [-0.4, -0.2) is 48.4 Å². The molecule has 4 heteroatoms. The van der Waals surface area contributed by atoms with Crippen LogP contribution in [0.25, 0.3) is 0 Å². The minimum Gasteiger partial charge on any atom is -0.399 e. The van der Waals surface area contributed by atoms with Gasteiger partial charge in [0.05, 0.1) is 6.42 Å². The van der Waals surface area contributed by atoms with E-state index >= 15 is 0 Å².